The van der Waals surface area contributed by atoms with E-state index in [2.05, 4.69) is 27.7 Å². The summed E-state index contributed by atoms with van der Waals surface area (Å²) in [5, 5.41) is 10.6. The van der Waals surface area contributed by atoms with E-state index < -0.39 is 5.60 Å². The molecule has 2 nitrogen and oxygen atoms in total. The highest BCUT2D eigenvalue weighted by molar-refractivity contribution is 5.53. The summed E-state index contributed by atoms with van der Waals surface area (Å²) in [4.78, 5) is 11.5. The number of hydrogen-bond donors (Lipinski definition) is 1. The summed E-state index contributed by atoms with van der Waals surface area (Å²) in [6, 6.07) is 0. The zero-order valence-electron chi connectivity index (χ0n) is 16.8. The van der Waals surface area contributed by atoms with Crippen LogP contribution in [0.5, 0.6) is 0 Å². The summed E-state index contributed by atoms with van der Waals surface area (Å²) in [5.41, 5.74) is 0.406. The lowest BCUT2D eigenvalue weighted by molar-refractivity contribution is -0.148. The van der Waals surface area contributed by atoms with Crippen LogP contribution in [0.4, 0.5) is 0 Å². The third-order valence-corrected chi connectivity index (χ3v) is 9.88. The lowest BCUT2D eigenvalue weighted by Gasteiger charge is -2.62. The van der Waals surface area contributed by atoms with Crippen LogP contribution < -0.4 is 0 Å². The van der Waals surface area contributed by atoms with Gasteiger partial charge >= 0.3 is 0 Å². The number of hydrogen-bond acceptors (Lipinski definition) is 2. The first kappa shape index (κ1) is 18.0. The van der Waals surface area contributed by atoms with E-state index in [0.717, 1.165) is 30.6 Å². The second kappa shape index (κ2) is 5.81. The smallest absolute Gasteiger partial charge is 0.123 e. The first-order chi connectivity index (χ1) is 11.7. The molecule has 0 aromatic rings. The van der Waals surface area contributed by atoms with Crippen molar-refractivity contribution in [1.29, 1.82) is 0 Å². The van der Waals surface area contributed by atoms with Crippen LogP contribution in [-0.4, -0.2) is 17.0 Å². The molecule has 4 fully saturated rings. The predicted octanol–water partition coefficient (Wildman–Crippen LogP) is 5.23. The van der Waals surface area contributed by atoms with Gasteiger partial charge in [-0.2, -0.15) is 0 Å². The quantitative estimate of drug-likeness (QED) is 0.695. The van der Waals surface area contributed by atoms with Gasteiger partial charge in [0.2, 0.25) is 0 Å². The summed E-state index contributed by atoms with van der Waals surface area (Å²) in [6.07, 6.45) is 12.4. The third kappa shape index (κ3) is 2.57. The molecule has 0 aliphatic heterocycles. The van der Waals surface area contributed by atoms with Crippen molar-refractivity contribution in [3.63, 3.8) is 0 Å². The lowest BCUT2D eigenvalue weighted by atomic mass is 9.43. The Hall–Kier alpha value is -0.370. The summed E-state index contributed by atoms with van der Waals surface area (Å²) in [7, 11) is 0. The molecule has 1 unspecified atom stereocenters. The van der Waals surface area contributed by atoms with E-state index >= 15 is 0 Å². The Morgan fingerprint density at radius 1 is 0.920 bits per heavy atom. The molecule has 4 aliphatic rings. The Labute approximate surface area is 154 Å². The van der Waals surface area contributed by atoms with Gasteiger partial charge in [-0.1, -0.05) is 20.8 Å². The zero-order valence-corrected chi connectivity index (χ0v) is 16.8. The second-order valence-electron chi connectivity index (χ2n) is 11.1. The maximum absolute atomic E-state index is 11.5. The topological polar surface area (TPSA) is 37.3 Å². The van der Waals surface area contributed by atoms with Crippen molar-refractivity contribution in [3.05, 3.63) is 0 Å². The highest BCUT2D eigenvalue weighted by Crippen LogP contribution is 2.68. The molecule has 0 heterocycles. The standard InChI is InChI=1S/C23H38O2/c1-15(14-24)18-7-8-19-17-6-5-16-13-21(2,25)11-12-22(16,3)20(17)9-10-23(18,19)4/h14-20,25H,5-13H2,1-4H3/t15-,16-,17+,18-,19?,20+,21+,22+,23-/m1/s1. The molecule has 4 saturated carbocycles. The molecule has 1 N–H and O–H groups in total. The molecule has 0 bridgehead atoms. The van der Waals surface area contributed by atoms with Gasteiger partial charge in [0.25, 0.3) is 0 Å². The fraction of sp³-hybridized carbons (Fsp3) is 0.957. The second-order valence-corrected chi connectivity index (χ2v) is 11.1. The van der Waals surface area contributed by atoms with Crippen molar-refractivity contribution in [3.8, 4) is 0 Å². The van der Waals surface area contributed by atoms with Gasteiger partial charge < -0.3 is 9.90 Å². The minimum atomic E-state index is -0.432. The Bertz CT molecular complexity index is 540. The van der Waals surface area contributed by atoms with E-state index in [1.165, 1.54) is 51.2 Å². The van der Waals surface area contributed by atoms with Gasteiger partial charge in [0.15, 0.2) is 0 Å². The molecule has 4 aliphatic carbocycles. The van der Waals surface area contributed by atoms with Crippen molar-refractivity contribution < 1.29 is 9.90 Å². The van der Waals surface area contributed by atoms with Crippen LogP contribution in [0.25, 0.3) is 0 Å². The average Bonchev–Trinajstić information content (AvgIpc) is 2.92. The van der Waals surface area contributed by atoms with E-state index in [9.17, 15) is 9.90 Å². The number of aldehydes is 1. The molecule has 25 heavy (non-hydrogen) atoms. The first-order valence-electron chi connectivity index (χ1n) is 10.9. The van der Waals surface area contributed by atoms with Crippen LogP contribution in [0.2, 0.25) is 0 Å². The highest BCUT2D eigenvalue weighted by atomic mass is 16.3. The van der Waals surface area contributed by atoms with Crippen LogP contribution in [0.15, 0.2) is 0 Å². The van der Waals surface area contributed by atoms with Gasteiger partial charge in [-0.05, 0) is 105 Å². The average molecular weight is 347 g/mol. The first-order valence-corrected chi connectivity index (χ1v) is 10.9. The minimum absolute atomic E-state index is 0.225. The van der Waals surface area contributed by atoms with Gasteiger partial charge in [-0.25, -0.2) is 0 Å². The van der Waals surface area contributed by atoms with Crippen molar-refractivity contribution in [2.24, 2.45) is 46.3 Å². The van der Waals surface area contributed by atoms with Crippen LogP contribution in [0, 0.1) is 46.3 Å². The Morgan fingerprint density at radius 2 is 1.64 bits per heavy atom. The maximum atomic E-state index is 11.5. The van der Waals surface area contributed by atoms with Gasteiger partial charge in [-0.15, -0.1) is 0 Å². The molecular weight excluding hydrogens is 308 g/mol. The number of aliphatic hydroxyl groups is 1. The van der Waals surface area contributed by atoms with Crippen LogP contribution >= 0.6 is 0 Å². The molecule has 0 amide bonds. The number of fused-ring (bicyclic) bond motifs is 5. The Kier molecular flexibility index (Phi) is 4.19. The number of carbonyl (C=O) groups excluding carboxylic acids is 1. The molecule has 2 heteroatoms. The Balaban J connectivity index is 1.59. The van der Waals surface area contributed by atoms with Crippen molar-refractivity contribution in [2.45, 2.75) is 91.1 Å². The summed E-state index contributed by atoms with van der Waals surface area (Å²) in [5.74, 6) is 4.10. The summed E-state index contributed by atoms with van der Waals surface area (Å²) >= 11 is 0. The number of rotatable bonds is 2. The molecular formula is C23H38O2. The summed E-state index contributed by atoms with van der Waals surface area (Å²) < 4.78 is 0. The molecule has 9 atom stereocenters. The molecule has 0 aromatic heterocycles. The highest BCUT2D eigenvalue weighted by Gasteiger charge is 2.61. The molecule has 4 rings (SSSR count). The summed E-state index contributed by atoms with van der Waals surface area (Å²) in [6.45, 7) is 9.29. The van der Waals surface area contributed by atoms with Crippen LogP contribution in [-0.2, 0) is 4.79 Å². The monoisotopic (exact) mass is 346 g/mol. The fourth-order valence-electron chi connectivity index (χ4n) is 8.43. The van der Waals surface area contributed by atoms with Gasteiger partial charge in [0.1, 0.15) is 6.29 Å². The van der Waals surface area contributed by atoms with Gasteiger partial charge in [0, 0.05) is 5.92 Å². The normalized spacial score (nSPS) is 56.4. The van der Waals surface area contributed by atoms with E-state index in [1.807, 2.05) is 0 Å². The van der Waals surface area contributed by atoms with E-state index in [0.29, 0.717) is 22.7 Å². The van der Waals surface area contributed by atoms with Gasteiger partial charge in [-0.3, -0.25) is 0 Å². The predicted molar refractivity (Wildman–Crippen MR) is 101 cm³/mol. The molecule has 0 radical (unpaired) electrons. The van der Waals surface area contributed by atoms with Crippen molar-refractivity contribution >= 4 is 6.29 Å². The SMILES string of the molecule is C[C@H](C=O)[C@H]1CCC2[C@@H]3CC[C@@H]4C[C@@](C)(O)CC[C@]4(C)[C@H]3CC[C@@]21C. The number of carbonyl (C=O) groups is 1. The lowest BCUT2D eigenvalue weighted by Crippen LogP contribution is -2.55. The van der Waals surface area contributed by atoms with E-state index in [1.54, 1.807) is 0 Å². The minimum Gasteiger partial charge on any atom is -0.390 e. The zero-order chi connectivity index (χ0) is 18.0. The Morgan fingerprint density at radius 3 is 2.36 bits per heavy atom. The van der Waals surface area contributed by atoms with E-state index in [-0.39, 0.29) is 5.92 Å². The molecule has 0 aromatic carbocycles. The van der Waals surface area contributed by atoms with Gasteiger partial charge in [0.05, 0.1) is 5.60 Å². The maximum Gasteiger partial charge on any atom is 0.123 e. The van der Waals surface area contributed by atoms with Crippen molar-refractivity contribution in [1.82, 2.24) is 0 Å². The molecule has 0 saturated heterocycles. The third-order valence-electron chi connectivity index (χ3n) is 9.88. The van der Waals surface area contributed by atoms with Crippen molar-refractivity contribution in [2.75, 3.05) is 0 Å². The molecule has 142 valence electrons. The molecule has 0 spiro atoms. The fourth-order valence-corrected chi connectivity index (χ4v) is 8.43. The van der Waals surface area contributed by atoms with Crippen LogP contribution in [0.3, 0.4) is 0 Å². The van der Waals surface area contributed by atoms with E-state index in [4.69, 9.17) is 0 Å². The largest absolute Gasteiger partial charge is 0.390 e. The van der Waals surface area contributed by atoms with Crippen LogP contribution in [0.1, 0.15) is 85.5 Å².